The number of nitrogens with zero attached hydrogens (tertiary/aromatic N) is 3. The summed E-state index contributed by atoms with van der Waals surface area (Å²) in [6, 6.07) is 10.8. The highest BCUT2D eigenvalue weighted by Crippen LogP contribution is 2.16. The molecule has 0 bridgehead atoms. The summed E-state index contributed by atoms with van der Waals surface area (Å²) in [5, 5.41) is 4.79. The average Bonchev–Trinajstić information content (AvgIpc) is 3.06. The molecule has 9 heteroatoms. The van der Waals surface area contributed by atoms with E-state index in [4.69, 9.17) is 0 Å². The Balaban J connectivity index is 1.58. The second-order valence-corrected chi connectivity index (χ2v) is 6.28. The van der Waals surface area contributed by atoms with Crippen molar-refractivity contribution in [2.45, 2.75) is 19.6 Å². The van der Waals surface area contributed by atoms with Gasteiger partial charge >= 0.3 is 6.18 Å². The number of anilines is 2. The molecule has 0 saturated carbocycles. The van der Waals surface area contributed by atoms with Crippen LogP contribution in [-0.2, 0) is 6.54 Å². The predicted molar refractivity (Wildman–Crippen MR) is 99.2 cm³/mol. The number of hydrogen-bond donors (Lipinski definition) is 2. The van der Waals surface area contributed by atoms with Crippen molar-refractivity contribution in [1.29, 1.82) is 0 Å². The van der Waals surface area contributed by atoms with Crippen LogP contribution < -0.4 is 10.6 Å². The molecule has 0 atom stereocenters. The minimum atomic E-state index is -4.34. The van der Waals surface area contributed by atoms with Gasteiger partial charge in [0.05, 0.1) is 11.9 Å². The van der Waals surface area contributed by atoms with Gasteiger partial charge in [0.2, 0.25) is 0 Å². The van der Waals surface area contributed by atoms with Gasteiger partial charge in [-0.05, 0) is 24.6 Å². The maximum Gasteiger partial charge on any atom is 0.405 e. The van der Waals surface area contributed by atoms with Crippen LogP contribution in [0.2, 0.25) is 0 Å². The van der Waals surface area contributed by atoms with Gasteiger partial charge in [-0.25, -0.2) is 9.97 Å². The van der Waals surface area contributed by atoms with E-state index in [2.05, 4.69) is 26.7 Å². The molecule has 3 rings (SSSR count). The number of aromatic nitrogens is 3. The zero-order chi connectivity index (χ0) is 20.1. The molecule has 1 amide bonds. The second kappa shape index (κ2) is 8.12. The molecule has 2 N–H and O–H groups in total. The van der Waals surface area contributed by atoms with Gasteiger partial charge in [0, 0.05) is 18.9 Å². The summed E-state index contributed by atoms with van der Waals surface area (Å²) in [7, 11) is 0. The lowest BCUT2D eigenvalue weighted by Crippen LogP contribution is -2.22. The van der Waals surface area contributed by atoms with Crippen LogP contribution in [0.4, 0.5) is 24.8 Å². The number of pyridine rings is 1. The lowest BCUT2D eigenvalue weighted by molar-refractivity contribution is -0.115. The van der Waals surface area contributed by atoms with Crippen LogP contribution in [0.1, 0.15) is 21.5 Å². The Morgan fingerprint density at radius 3 is 2.64 bits per heavy atom. The summed E-state index contributed by atoms with van der Waals surface area (Å²) in [6.45, 7) is 1.44. The van der Waals surface area contributed by atoms with Crippen LogP contribution in [0.5, 0.6) is 0 Å². The third-order valence-corrected chi connectivity index (χ3v) is 3.82. The number of rotatable bonds is 6. The monoisotopic (exact) mass is 389 g/mol. The molecular formula is C19H18F3N5O. The fourth-order valence-electron chi connectivity index (χ4n) is 2.54. The van der Waals surface area contributed by atoms with Crippen molar-refractivity contribution in [3.05, 3.63) is 71.8 Å². The van der Waals surface area contributed by atoms with Gasteiger partial charge in [-0.15, -0.1) is 0 Å². The number of halogens is 3. The maximum atomic E-state index is 12.3. The molecule has 0 radical (unpaired) electrons. The molecule has 0 saturated heterocycles. The molecule has 1 aromatic carbocycles. The fourth-order valence-corrected chi connectivity index (χ4v) is 2.54. The van der Waals surface area contributed by atoms with Crippen molar-refractivity contribution in [2.75, 3.05) is 17.2 Å². The Morgan fingerprint density at radius 1 is 1.14 bits per heavy atom. The SMILES string of the molecule is Cc1cccc(Cn2cnc(NC(=O)c3ccc(NCC(F)(F)F)nc3)c2)c1. The van der Waals surface area contributed by atoms with Crippen molar-refractivity contribution in [2.24, 2.45) is 0 Å². The molecule has 28 heavy (non-hydrogen) atoms. The van der Waals surface area contributed by atoms with E-state index in [-0.39, 0.29) is 11.4 Å². The van der Waals surface area contributed by atoms with Crippen molar-refractivity contribution in [3.63, 3.8) is 0 Å². The van der Waals surface area contributed by atoms with Gasteiger partial charge in [-0.2, -0.15) is 13.2 Å². The number of carbonyl (C=O) groups excluding carboxylic acids is 1. The number of alkyl halides is 3. The second-order valence-electron chi connectivity index (χ2n) is 6.28. The molecule has 3 aromatic rings. The topological polar surface area (TPSA) is 71.8 Å². The Labute approximate surface area is 159 Å². The number of imidazole rings is 1. The van der Waals surface area contributed by atoms with E-state index in [1.54, 1.807) is 12.5 Å². The summed E-state index contributed by atoms with van der Waals surface area (Å²) in [4.78, 5) is 20.2. The van der Waals surface area contributed by atoms with Crippen LogP contribution in [0, 0.1) is 6.92 Å². The van der Waals surface area contributed by atoms with Gasteiger partial charge in [0.25, 0.3) is 5.91 Å². The molecule has 2 heterocycles. The largest absolute Gasteiger partial charge is 0.405 e. The summed E-state index contributed by atoms with van der Waals surface area (Å²) in [5.74, 6) is -0.0380. The van der Waals surface area contributed by atoms with E-state index in [1.165, 1.54) is 18.3 Å². The molecule has 0 aliphatic carbocycles. The Morgan fingerprint density at radius 2 is 1.96 bits per heavy atom. The molecule has 146 valence electrons. The Kier molecular flexibility index (Phi) is 5.62. The highest BCUT2D eigenvalue weighted by molar-refractivity contribution is 6.03. The molecule has 0 unspecified atom stereocenters. The van der Waals surface area contributed by atoms with Gasteiger partial charge in [0.15, 0.2) is 5.82 Å². The number of benzene rings is 1. The summed E-state index contributed by atoms with van der Waals surface area (Å²) in [6.07, 6.45) is 0.181. The van der Waals surface area contributed by atoms with Crippen molar-refractivity contribution in [3.8, 4) is 0 Å². The quantitative estimate of drug-likeness (QED) is 0.672. The van der Waals surface area contributed by atoms with Gasteiger partial charge < -0.3 is 15.2 Å². The zero-order valence-electron chi connectivity index (χ0n) is 15.0. The van der Waals surface area contributed by atoms with E-state index in [9.17, 15) is 18.0 Å². The smallest absolute Gasteiger partial charge is 0.361 e. The molecule has 0 spiro atoms. The first kappa shape index (κ1) is 19.4. The predicted octanol–water partition coefficient (Wildman–Crippen LogP) is 3.86. The van der Waals surface area contributed by atoms with E-state index in [1.807, 2.05) is 29.7 Å². The zero-order valence-corrected chi connectivity index (χ0v) is 15.0. The van der Waals surface area contributed by atoms with E-state index < -0.39 is 18.6 Å². The number of amides is 1. The molecular weight excluding hydrogens is 371 g/mol. The van der Waals surface area contributed by atoms with E-state index in [0.29, 0.717) is 12.4 Å². The normalized spacial score (nSPS) is 11.3. The van der Waals surface area contributed by atoms with E-state index >= 15 is 0 Å². The highest BCUT2D eigenvalue weighted by Gasteiger charge is 2.26. The molecule has 0 aliphatic rings. The third kappa shape index (κ3) is 5.57. The summed E-state index contributed by atoms with van der Waals surface area (Å²) < 4.78 is 38.4. The lowest BCUT2D eigenvalue weighted by Gasteiger charge is -2.09. The molecule has 6 nitrogen and oxygen atoms in total. The first-order valence-electron chi connectivity index (χ1n) is 8.44. The molecule has 2 aromatic heterocycles. The highest BCUT2D eigenvalue weighted by atomic mass is 19.4. The first-order chi connectivity index (χ1) is 13.3. The number of hydrogen-bond acceptors (Lipinski definition) is 4. The minimum Gasteiger partial charge on any atom is -0.361 e. The van der Waals surface area contributed by atoms with Crippen LogP contribution in [0.3, 0.4) is 0 Å². The minimum absolute atomic E-state index is 0.0382. The Hall–Kier alpha value is -3.36. The standard InChI is InChI=1S/C19H18F3N5O/c1-13-3-2-4-14(7-13)9-27-10-17(25-12-27)26-18(28)15-5-6-16(23-8-15)24-11-19(20,21)22/h2-8,10,12H,9,11H2,1H3,(H,23,24)(H,26,28). The lowest BCUT2D eigenvalue weighted by atomic mass is 10.1. The van der Waals surface area contributed by atoms with Crippen molar-refractivity contribution < 1.29 is 18.0 Å². The van der Waals surface area contributed by atoms with Crippen molar-refractivity contribution >= 4 is 17.5 Å². The fraction of sp³-hybridized carbons (Fsp3) is 0.211. The van der Waals surface area contributed by atoms with E-state index in [0.717, 1.165) is 11.1 Å². The van der Waals surface area contributed by atoms with Gasteiger partial charge in [-0.1, -0.05) is 29.8 Å². The summed E-state index contributed by atoms with van der Waals surface area (Å²) in [5.41, 5.74) is 2.49. The molecule has 0 aliphatic heterocycles. The van der Waals surface area contributed by atoms with Crippen LogP contribution in [-0.4, -0.2) is 33.2 Å². The van der Waals surface area contributed by atoms with Crippen molar-refractivity contribution in [1.82, 2.24) is 14.5 Å². The maximum absolute atomic E-state index is 12.3. The molecule has 0 fully saturated rings. The number of aryl methyl sites for hydroxylation is 1. The first-order valence-corrected chi connectivity index (χ1v) is 8.44. The van der Waals surface area contributed by atoms with Gasteiger partial charge in [0.1, 0.15) is 12.4 Å². The van der Waals surface area contributed by atoms with Crippen LogP contribution in [0.15, 0.2) is 55.1 Å². The summed E-state index contributed by atoms with van der Waals surface area (Å²) >= 11 is 0. The number of nitrogens with one attached hydrogen (secondary N) is 2. The average molecular weight is 389 g/mol. The third-order valence-electron chi connectivity index (χ3n) is 3.82. The Bertz CT molecular complexity index is 951. The van der Waals surface area contributed by atoms with Crippen LogP contribution in [0.25, 0.3) is 0 Å². The van der Waals surface area contributed by atoms with Gasteiger partial charge in [-0.3, -0.25) is 4.79 Å². The van der Waals surface area contributed by atoms with Crippen LogP contribution >= 0.6 is 0 Å². The number of carbonyl (C=O) groups is 1.